The highest BCUT2D eigenvalue weighted by molar-refractivity contribution is 6.36. The van der Waals surface area contributed by atoms with E-state index in [0.717, 1.165) is 35.4 Å². The molecule has 0 unspecified atom stereocenters. The van der Waals surface area contributed by atoms with Gasteiger partial charge in [-0.15, -0.1) is 0 Å². The molecule has 0 bridgehead atoms. The van der Waals surface area contributed by atoms with Gasteiger partial charge in [-0.25, -0.2) is 15.4 Å². The van der Waals surface area contributed by atoms with Crippen LogP contribution in [0.15, 0.2) is 42.7 Å². The van der Waals surface area contributed by atoms with Crippen LogP contribution in [-0.2, 0) is 22.5 Å². The lowest BCUT2D eigenvalue weighted by atomic mass is 10.0. The molecule has 0 aliphatic carbocycles. The minimum Gasteiger partial charge on any atom is -0.461 e. The van der Waals surface area contributed by atoms with Gasteiger partial charge in [0.2, 0.25) is 6.54 Å². The molecule has 1 aromatic heterocycles. The number of anilines is 2. The Labute approximate surface area is 265 Å². The SMILES string of the molecule is [C-]#[N+]C[C@H]1CN(c2nc(OC[C@H]3CN(C)CCO3)nc3c2CCN(c2cccc4ccc(F)c(Cl)c24)C3)CCN1C(=O)C(=C)F. The van der Waals surface area contributed by atoms with Crippen molar-refractivity contribution in [2.45, 2.75) is 25.1 Å². The number of likely N-dealkylation sites (N-methyl/N-ethyl adjacent to an activating group) is 1. The van der Waals surface area contributed by atoms with Crippen molar-refractivity contribution < 1.29 is 23.0 Å². The second-order valence-electron chi connectivity index (χ2n) is 11.6. The van der Waals surface area contributed by atoms with Gasteiger partial charge in [0.25, 0.3) is 5.91 Å². The zero-order valence-corrected chi connectivity index (χ0v) is 25.8. The van der Waals surface area contributed by atoms with Crippen LogP contribution >= 0.6 is 11.6 Å². The lowest BCUT2D eigenvalue weighted by Gasteiger charge is -2.41. The lowest BCUT2D eigenvalue weighted by molar-refractivity contribution is -0.131. The second kappa shape index (κ2) is 13.1. The van der Waals surface area contributed by atoms with Crippen LogP contribution in [0.1, 0.15) is 11.3 Å². The second-order valence-corrected chi connectivity index (χ2v) is 12.0. The van der Waals surface area contributed by atoms with E-state index in [2.05, 4.69) is 21.2 Å². The summed E-state index contributed by atoms with van der Waals surface area (Å²) in [4.78, 5) is 33.4. The minimum atomic E-state index is -1.04. The van der Waals surface area contributed by atoms with Gasteiger partial charge in [0.15, 0.2) is 5.83 Å². The number of halogens is 3. The van der Waals surface area contributed by atoms with Crippen LogP contribution in [0.4, 0.5) is 20.3 Å². The first kappa shape index (κ1) is 31.0. The number of benzene rings is 2. The van der Waals surface area contributed by atoms with Crippen molar-refractivity contribution in [2.75, 3.05) is 75.9 Å². The van der Waals surface area contributed by atoms with E-state index >= 15 is 0 Å². The molecule has 45 heavy (non-hydrogen) atoms. The fourth-order valence-corrected chi connectivity index (χ4v) is 6.61. The number of carbonyl (C=O) groups is 1. The van der Waals surface area contributed by atoms with E-state index in [1.807, 2.05) is 30.1 Å². The van der Waals surface area contributed by atoms with E-state index in [0.29, 0.717) is 50.4 Å². The molecule has 236 valence electrons. The molecular formula is C32H34ClF2N7O3. The van der Waals surface area contributed by atoms with Gasteiger partial charge in [0.1, 0.15) is 30.4 Å². The summed E-state index contributed by atoms with van der Waals surface area (Å²) in [6, 6.07) is 8.51. The molecule has 0 N–H and O–H groups in total. The van der Waals surface area contributed by atoms with Gasteiger partial charge < -0.3 is 33.9 Å². The third kappa shape index (κ3) is 6.38. The highest BCUT2D eigenvalue weighted by Gasteiger charge is 2.36. The number of hydrogen-bond acceptors (Lipinski definition) is 8. The van der Waals surface area contributed by atoms with Crippen LogP contribution in [0, 0.1) is 12.4 Å². The van der Waals surface area contributed by atoms with E-state index in [9.17, 15) is 13.6 Å². The Kier molecular flexibility index (Phi) is 9.03. The Morgan fingerprint density at radius 3 is 2.80 bits per heavy atom. The molecule has 3 aromatic rings. The normalized spacial score (nSPS) is 20.6. The highest BCUT2D eigenvalue weighted by atomic mass is 35.5. The number of nitrogens with zero attached hydrogens (tertiary/aromatic N) is 7. The minimum absolute atomic E-state index is 0.0187. The summed E-state index contributed by atoms with van der Waals surface area (Å²) in [5.41, 5.74) is 2.49. The van der Waals surface area contributed by atoms with E-state index in [4.69, 9.17) is 37.6 Å². The van der Waals surface area contributed by atoms with Crippen molar-refractivity contribution in [2.24, 2.45) is 0 Å². The smallest absolute Gasteiger partial charge is 0.318 e. The Morgan fingerprint density at radius 2 is 2.02 bits per heavy atom. The molecule has 4 heterocycles. The van der Waals surface area contributed by atoms with Crippen LogP contribution in [0.3, 0.4) is 0 Å². The molecule has 1 amide bonds. The van der Waals surface area contributed by atoms with E-state index in [1.165, 1.54) is 11.0 Å². The van der Waals surface area contributed by atoms with E-state index < -0.39 is 23.6 Å². The highest BCUT2D eigenvalue weighted by Crippen LogP contribution is 2.38. The van der Waals surface area contributed by atoms with Crippen LogP contribution in [-0.4, -0.2) is 104 Å². The van der Waals surface area contributed by atoms with Crippen LogP contribution < -0.4 is 14.5 Å². The van der Waals surface area contributed by atoms with Crippen molar-refractivity contribution in [3.05, 3.63) is 76.3 Å². The molecule has 0 spiro atoms. The van der Waals surface area contributed by atoms with E-state index in [-0.39, 0.29) is 36.8 Å². The summed E-state index contributed by atoms with van der Waals surface area (Å²) >= 11 is 6.47. The molecule has 10 nitrogen and oxygen atoms in total. The van der Waals surface area contributed by atoms with Crippen molar-refractivity contribution in [1.82, 2.24) is 19.8 Å². The zero-order valence-electron chi connectivity index (χ0n) is 25.0. The summed E-state index contributed by atoms with van der Waals surface area (Å²) in [5, 5.41) is 1.56. The summed E-state index contributed by atoms with van der Waals surface area (Å²) in [7, 11) is 2.03. The predicted octanol–water partition coefficient (Wildman–Crippen LogP) is 4.11. The number of amides is 1. The first-order valence-electron chi connectivity index (χ1n) is 14.9. The maximum absolute atomic E-state index is 14.5. The number of rotatable bonds is 7. The number of aromatic nitrogens is 2. The number of fused-ring (bicyclic) bond motifs is 2. The molecule has 3 aliphatic rings. The largest absolute Gasteiger partial charge is 0.461 e. The molecule has 2 aromatic carbocycles. The lowest BCUT2D eigenvalue weighted by Crippen LogP contribution is -2.57. The number of hydrogen-bond donors (Lipinski definition) is 0. The first-order chi connectivity index (χ1) is 21.7. The van der Waals surface area contributed by atoms with Crippen molar-refractivity contribution in [1.29, 1.82) is 0 Å². The Hall–Kier alpha value is -4.05. The Balaban J connectivity index is 1.34. The van der Waals surface area contributed by atoms with Crippen molar-refractivity contribution >= 4 is 39.8 Å². The average Bonchev–Trinajstić information content (AvgIpc) is 3.04. The molecule has 2 saturated heterocycles. The molecule has 6 rings (SSSR count). The third-order valence-electron chi connectivity index (χ3n) is 8.59. The number of carbonyl (C=O) groups excluding carboxylic acids is 1. The first-order valence-corrected chi connectivity index (χ1v) is 15.3. The maximum Gasteiger partial charge on any atom is 0.318 e. The van der Waals surface area contributed by atoms with Gasteiger partial charge in [-0.05, 0) is 31.0 Å². The van der Waals surface area contributed by atoms with Crippen molar-refractivity contribution in [3.8, 4) is 6.01 Å². The van der Waals surface area contributed by atoms with Gasteiger partial charge >= 0.3 is 6.01 Å². The summed E-state index contributed by atoms with van der Waals surface area (Å²) in [6.07, 6.45) is 0.445. The zero-order chi connectivity index (χ0) is 31.7. The van der Waals surface area contributed by atoms with Crippen LogP contribution in [0.5, 0.6) is 6.01 Å². The molecule has 13 heteroatoms. The average molecular weight is 638 g/mol. The molecule has 0 saturated carbocycles. The standard InChI is InChI=1S/C32H34ClF2N7O3/c1-20(34)31(43)42-12-11-41(16-22(42)15-36-2)30-24-9-10-40(27-6-4-5-21-7-8-25(35)29(33)28(21)27)18-26(24)37-32(38-30)45-19-23-17-39(3)13-14-44-23/h4-8,22-23H,1,9-19H2,3H3/t22-,23+/m0/s1. The summed E-state index contributed by atoms with van der Waals surface area (Å²) in [5.74, 6) is -1.65. The topological polar surface area (TPSA) is 78.6 Å². The summed E-state index contributed by atoms with van der Waals surface area (Å²) < 4.78 is 40.4. The van der Waals surface area contributed by atoms with Crippen molar-refractivity contribution in [3.63, 3.8) is 0 Å². The fourth-order valence-electron chi connectivity index (χ4n) is 6.34. The fraction of sp³-hybridized carbons (Fsp3) is 0.438. The van der Waals surface area contributed by atoms with Gasteiger partial charge in [-0.3, -0.25) is 4.79 Å². The number of piperazine rings is 1. The van der Waals surface area contributed by atoms with Gasteiger partial charge in [-0.2, -0.15) is 9.97 Å². The van der Waals surface area contributed by atoms with Gasteiger partial charge in [0.05, 0.1) is 23.9 Å². The quantitative estimate of drug-likeness (QED) is 0.283. The maximum atomic E-state index is 14.5. The molecule has 2 atom stereocenters. The van der Waals surface area contributed by atoms with Gasteiger partial charge in [0, 0.05) is 55.9 Å². The van der Waals surface area contributed by atoms with Crippen LogP contribution in [0.2, 0.25) is 5.02 Å². The number of morpholine rings is 1. The van der Waals surface area contributed by atoms with Gasteiger partial charge in [-0.1, -0.05) is 36.4 Å². The number of ether oxygens (including phenoxy) is 2. The van der Waals surface area contributed by atoms with E-state index in [1.54, 1.807) is 6.07 Å². The third-order valence-corrected chi connectivity index (χ3v) is 8.96. The Bertz CT molecular complexity index is 1670. The molecule has 2 fully saturated rings. The monoisotopic (exact) mass is 637 g/mol. The Morgan fingerprint density at radius 1 is 1.18 bits per heavy atom. The summed E-state index contributed by atoms with van der Waals surface area (Å²) in [6.45, 7) is 15.0. The molecule has 3 aliphatic heterocycles. The predicted molar refractivity (Wildman–Crippen MR) is 168 cm³/mol. The molecular weight excluding hydrogens is 604 g/mol. The van der Waals surface area contributed by atoms with Crippen LogP contribution in [0.25, 0.3) is 15.6 Å². The molecule has 0 radical (unpaired) electrons.